The normalized spacial score (nSPS) is 10.9. The number of amides is 1. The molecule has 5 heteroatoms. The summed E-state index contributed by atoms with van der Waals surface area (Å²) in [5, 5.41) is 5.65. The number of likely N-dealkylation sites (N-methyl/N-ethyl adjacent to an activating group) is 1. The van der Waals surface area contributed by atoms with Crippen LogP contribution in [0.2, 0.25) is 0 Å². The highest BCUT2D eigenvalue weighted by Crippen LogP contribution is 2.13. The van der Waals surface area contributed by atoms with Crippen molar-refractivity contribution < 1.29 is 14.3 Å². The number of hydrogen-bond acceptors (Lipinski definition) is 4. The molecule has 0 saturated heterocycles. The third-order valence-corrected chi connectivity index (χ3v) is 2.73. The van der Waals surface area contributed by atoms with Crippen molar-refractivity contribution in [3.05, 3.63) is 29.8 Å². The number of methoxy groups -OCH3 is 1. The monoisotopic (exact) mass is 250 g/mol. The van der Waals surface area contributed by atoms with Gasteiger partial charge in [-0.3, -0.25) is 4.79 Å². The van der Waals surface area contributed by atoms with Crippen molar-refractivity contribution in [3.63, 3.8) is 0 Å². The quantitative estimate of drug-likeness (QED) is 0.793. The molecule has 1 aromatic rings. The van der Waals surface area contributed by atoms with Crippen LogP contribution in [0.4, 0.5) is 5.69 Å². The summed E-state index contributed by atoms with van der Waals surface area (Å²) in [6.45, 7) is 3.54. The first-order valence-corrected chi connectivity index (χ1v) is 5.59. The molecular formula is C13H18N2O3. The molecule has 0 fully saturated rings. The van der Waals surface area contributed by atoms with Crippen LogP contribution in [0, 0.1) is 0 Å². The Balaban J connectivity index is 2.86. The Hall–Kier alpha value is -1.88. The Labute approximate surface area is 107 Å². The zero-order chi connectivity index (χ0) is 13.8. The lowest BCUT2D eigenvalue weighted by molar-refractivity contribution is -0.121. The smallest absolute Gasteiger partial charge is 0.337 e. The second kappa shape index (κ2) is 5.64. The molecule has 0 bridgehead atoms. The van der Waals surface area contributed by atoms with E-state index in [0.29, 0.717) is 11.3 Å². The fourth-order valence-electron chi connectivity index (χ4n) is 1.24. The van der Waals surface area contributed by atoms with E-state index in [0.717, 1.165) is 0 Å². The summed E-state index contributed by atoms with van der Waals surface area (Å²) in [6.07, 6.45) is 0. The van der Waals surface area contributed by atoms with Crippen LogP contribution in [0.3, 0.4) is 0 Å². The van der Waals surface area contributed by atoms with Crippen molar-refractivity contribution in [2.75, 3.05) is 19.5 Å². The molecule has 0 radical (unpaired) electrons. The molecule has 1 rings (SSSR count). The zero-order valence-corrected chi connectivity index (χ0v) is 11.0. The van der Waals surface area contributed by atoms with Crippen molar-refractivity contribution in [1.29, 1.82) is 0 Å². The standard InChI is InChI=1S/C13H18N2O3/c1-13(2,14-3)12(17)15-10-7-5-6-9(8-10)11(16)18-4/h5-8,14H,1-4H3,(H,15,17). The topological polar surface area (TPSA) is 67.4 Å². The number of anilines is 1. The number of ether oxygens (including phenoxy) is 1. The van der Waals surface area contributed by atoms with E-state index in [1.807, 2.05) is 0 Å². The molecule has 0 atom stereocenters. The van der Waals surface area contributed by atoms with Crippen molar-refractivity contribution in [3.8, 4) is 0 Å². The molecule has 0 heterocycles. The van der Waals surface area contributed by atoms with Crippen LogP contribution >= 0.6 is 0 Å². The molecule has 0 unspecified atom stereocenters. The third-order valence-electron chi connectivity index (χ3n) is 2.73. The summed E-state index contributed by atoms with van der Waals surface area (Å²) < 4.78 is 4.62. The second-order valence-electron chi connectivity index (χ2n) is 4.40. The van der Waals surface area contributed by atoms with Crippen LogP contribution in [0.1, 0.15) is 24.2 Å². The third kappa shape index (κ3) is 3.30. The van der Waals surface area contributed by atoms with Gasteiger partial charge in [0, 0.05) is 5.69 Å². The Bertz CT molecular complexity index is 455. The molecule has 0 saturated carbocycles. The summed E-state index contributed by atoms with van der Waals surface area (Å²) in [4.78, 5) is 23.3. The maximum atomic E-state index is 11.9. The molecule has 0 aliphatic rings. The Kier molecular flexibility index (Phi) is 4.44. The highest BCUT2D eigenvalue weighted by atomic mass is 16.5. The van der Waals surface area contributed by atoms with Gasteiger partial charge in [-0.2, -0.15) is 0 Å². The van der Waals surface area contributed by atoms with E-state index in [4.69, 9.17) is 0 Å². The average molecular weight is 250 g/mol. The molecule has 0 aliphatic heterocycles. The molecule has 1 amide bonds. The summed E-state index contributed by atoms with van der Waals surface area (Å²) in [6, 6.07) is 6.62. The van der Waals surface area contributed by atoms with Gasteiger partial charge in [-0.25, -0.2) is 4.79 Å². The Morgan fingerprint density at radius 1 is 1.28 bits per heavy atom. The summed E-state index contributed by atoms with van der Waals surface area (Å²) >= 11 is 0. The highest BCUT2D eigenvalue weighted by Gasteiger charge is 2.25. The number of hydrogen-bond donors (Lipinski definition) is 2. The zero-order valence-electron chi connectivity index (χ0n) is 11.0. The van der Waals surface area contributed by atoms with Gasteiger partial charge in [-0.1, -0.05) is 6.07 Å². The van der Waals surface area contributed by atoms with E-state index >= 15 is 0 Å². The minimum Gasteiger partial charge on any atom is -0.465 e. The van der Waals surface area contributed by atoms with Gasteiger partial charge < -0.3 is 15.4 Å². The highest BCUT2D eigenvalue weighted by molar-refractivity contribution is 5.98. The van der Waals surface area contributed by atoms with Crippen LogP contribution in [0.15, 0.2) is 24.3 Å². The second-order valence-corrected chi connectivity index (χ2v) is 4.40. The van der Waals surface area contributed by atoms with Crippen LogP contribution in [0.5, 0.6) is 0 Å². The van der Waals surface area contributed by atoms with Gasteiger partial charge in [0.15, 0.2) is 0 Å². The van der Waals surface area contributed by atoms with E-state index in [9.17, 15) is 9.59 Å². The van der Waals surface area contributed by atoms with Gasteiger partial charge in [-0.15, -0.1) is 0 Å². The summed E-state index contributed by atoms with van der Waals surface area (Å²) in [7, 11) is 3.03. The van der Waals surface area contributed by atoms with Crippen molar-refractivity contribution in [2.24, 2.45) is 0 Å². The van der Waals surface area contributed by atoms with Crippen molar-refractivity contribution in [1.82, 2.24) is 5.32 Å². The van der Waals surface area contributed by atoms with E-state index in [-0.39, 0.29) is 5.91 Å². The molecule has 98 valence electrons. The van der Waals surface area contributed by atoms with Gasteiger partial charge in [0.25, 0.3) is 0 Å². The molecule has 2 N–H and O–H groups in total. The van der Waals surface area contributed by atoms with E-state index in [1.165, 1.54) is 7.11 Å². The molecule has 0 aromatic heterocycles. The number of carbonyl (C=O) groups excluding carboxylic acids is 2. The maximum absolute atomic E-state index is 11.9. The minimum absolute atomic E-state index is 0.174. The number of rotatable bonds is 4. The van der Waals surface area contributed by atoms with E-state index < -0.39 is 11.5 Å². The van der Waals surface area contributed by atoms with Crippen LogP contribution < -0.4 is 10.6 Å². The van der Waals surface area contributed by atoms with Crippen molar-refractivity contribution >= 4 is 17.6 Å². The van der Waals surface area contributed by atoms with Gasteiger partial charge in [-0.05, 0) is 39.1 Å². The summed E-state index contributed by atoms with van der Waals surface area (Å²) in [5.41, 5.74) is 0.283. The minimum atomic E-state index is -0.679. The van der Waals surface area contributed by atoms with Gasteiger partial charge >= 0.3 is 5.97 Å². The molecule has 0 aliphatic carbocycles. The fourth-order valence-corrected chi connectivity index (χ4v) is 1.24. The molecule has 5 nitrogen and oxygen atoms in total. The Morgan fingerprint density at radius 3 is 2.50 bits per heavy atom. The SMILES string of the molecule is CNC(C)(C)C(=O)Nc1cccc(C(=O)OC)c1. The van der Waals surface area contributed by atoms with Crippen LogP contribution in [-0.4, -0.2) is 31.6 Å². The lowest BCUT2D eigenvalue weighted by Crippen LogP contribution is -2.47. The van der Waals surface area contributed by atoms with Crippen LogP contribution in [0.25, 0.3) is 0 Å². The average Bonchev–Trinajstić information content (AvgIpc) is 2.38. The maximum Gasteiger partial charge on any atom is 0.337 e. The van der Waals surface area contributed by atoms with Gasteiger partial charge in [0.2, 0.25) is 5.91 Å². The van der Waals surface area contributed by atoms with Gasteiger partial charge in [0.1, 0.15) is 0 Å². The molecule has 18 heavy (non-hydrogen) atoms. The number of benzene rings is 1. The fraction of sp³-hybridized carbons (Fsp3) is 0.385. The summed E-state index contributed by atoms with van der Waals surface area (Å²) in [5.74, 6) is -0.606. The number of carbonyl (C=O) groups is 2. The van der Waals surface area contributed by atoms with E-state index in [2.05, 4.69) is 15.4 Å². The lowest BCUT2D eigenvalue weighted by Gasteiger charge is -2.22. The molecular weight excluding hydrogens is 232 g/mol. The number of esters is 1. The largest absolute Gasteiger partial charge is 0.465 e. The first kappa shape index (κ1) is 14.2. The first-order chi connectivity index (χ1) is 8.40. The van der Waals surface area contributed by atoms with E-state index in [1.54, 1.807) is 45.2 Å². The predicted molar refractivity (Wildman–Crippen MR) is 69.5 cm³/mol. The molecule has 0 spiro atoms. The molecule has 1 aromatic carbocycles. The predicted octanol–water partition coefficient (Wildman–Crippen LogP) is 1.41. The number of nitrogens with one attached hydrogen (secondary N) is 2. The first-order valence-electron chi connectivity index (χ1n) is 5.59. The van der Waals surface area contributed by atoms with Crippen molar-refractivity contribution in [2.45, 2.75) is 19.4 Å². The lowest BCUT2D eigenvalue weighted by atomic mass is 10.0. The van der Waals surface area contributed by atoms with Crippen LogP contribution in [-0.2, 0) is 9.53 Å². The van der Waals surface area contributed by atoms with Gasteiger partial charge in [0.05, 0.1) is 18.2 Å². The Morgan fingerprint density at radius 2 is 1.94 bits per heavy atom.